The Morgan fingerprint density at radius 3 is 2.62 bits per heavy atom. The van der Waals surface area contributed by atoms with Gasteiger partial charge in [0.15, 0.2) is 0 Å². The van der Waals surface area contributed by atoms with Gasteiger partial charge < -0.3 is 10.1 Å². The van der Waals surface area contributed by atoms with Gasteiger partial charge in [0.25, 0.3) is 10.0 Å². The molecule has 6 nitrogen and oxygen atoms in total. The molecule has 0 saturated heterocycles. The van der Waals surface area contributed by atoms with Crippen molar-refractivity contribution in [2.24, 2.45) is 0 Å². The van der Waals surface area contributed by atoms with Crippen LogP contribution in [0, 0.1) is 12.7 Å². The number of benzene rings is 2. The molecule has 0 unspecified atom stereocenters. The van der Waals surface area contributed by atoms with Gasteiger partial charge in [-0.3, -0.25) is 4.72 Å². The first kappa shape index (κ1) is 16.0. The van der Waals surface area contributed by atoms with Gasteiger partial charge in [-0.1, -0.05) is 24.3 Å². The number of fused-ring (bicyclic) bond motifs is 1. The maximum absolute atomic E-state index is 14.1. The summed E-state index contributed by atoms with van der Waals surface area (Å²) in [5, 5.41) is 9.69. The number of hydrogen-bond acceptors (Lipinski definition) is 3. The molecule has 124 valence electrons. The van der Waals surface area contributed by atoms with Crippen LogP contribution in [0.2, 0.25) is 0 Å². The van der Waals surface area contributed by atoms with E-state index in [1.54, 1.807) is 24.3 Å². The first-order valence-corrected chi connectivity index (χ1v) is 8.41. The number of aryl methyl sites for hydroxylation is 1. The summed E-state index contributed by atoms with van der Waals surface area (Å²) >= 11 is 0. The zero-order valence-electron chi connectivity index (χ0n) is 12.5. The van der Waals surface area contributed by atoms with Crippen LogP contribution in [-0.2, 0) is 10.0 Å². The maximum atomic E-state index is 14.1. The number of sulfonamides is 1. The highest BCUT2D eigenvalue weighted by molar-refractivity contribution is 7.93. The minimum absolute atomic E-state index is 0.0876. The SMILES string of the molecule is Cc1ccc(F)c(NS(=O)(=O)c2c[nH]c3ccccc23)c1C(=O)O. The fourth-order valence-electron chi connectivity index (χ4n) is 2.51. The predicted octanol–water partition coefficient (Wildman–Crippen LogP) is 3.11. The van der Waals surface area contributed by atoms with Gasteiger partial charge in [-0.05, 0) is 24.6 Å². The third-order valence-corrected chi connectivity index (χ3v) is 5.04. The summed E-state index contributed by atoms with van der Waals surface area (Å²) in [6, 6.07) is 9.02. The van der Waals surface area contributed by atoms with Crippen molar-refractivity contribution in [1.29, 1.82) is 0 Å². The summed E-state index contributed by atoms with van der Waals surface area (Å²) in [5.41, 5.74) is -0.146. The van der Waals surface area contributed by atoms with Gasteiger partial charge in [-0.25, -0.2) is 17.6 Å². The van der Waals surface area contributed by atoms with E-state index in [1.807, 2.05) is 0 Å². The second-order valence-corrected chi connectivity index (χ2v) is 6.87. The van der Waals surface area contributed by atoms with E-state index in [0.29, 0.717) is 10.9 Å². The normalized spacial score (nSPS) is 11.6. The Bertz CT molecular complexity index is 1060. The number of H-pyrrole nitrogens is 1. The average molecular weight is 348 g/mol. The quantitative estimate of drug-likeness (QED) is 0.674. The Balaban J connectivity index is 2.15. The standard InChI is InChI=1S/C16H13FN2O4S/c1-9-6-7-11(17)15(14(9)16(20)21)19-24(22,23)13-8-18-12-5-3-2-4-10(12)13/h2-8,18-19H,1H3,(H,20,21). The lowest BCUT2D eigenvalue weighted by atomic mass is 10.1. The van der Waals surface area contributed by atoms with E-state index >= 15 is 0 Å². The third kappa shape index (κ3) is 2.61. The van der Waals surface area contributed by atoms with E-state index in [9.17, 15) is 22.7 Å². The number of para-hydroxylation sites is 1. The van der Waals surface area contributed by atoms with E-state index < -0.39 is 33.1 Å². The molecule has 0 saturated carbocycles. The zero-order valence-corrected chi connectivity index (χ0v) is 13.3. The molecule has 1 heterocycles. The number of carboxylic acid groups (broad SMARTS) is 1. The average Bonchev–Trinajstić information content (AvgIpc) is 2.95. The lowest BCUT2D eigenvalue weighted by molar-refractivity contribution is 0.0697. The maximum Gasteiger partial charge on any atom is 0.338 e. The monoisotopic (exact) mass is 348 g/mol. The number of nitrogens with one attached hydrogen (secondary N) is 2. The van der Waals surface area contributed by atoms with Crippen LogP contribution in [-0.4, -0.2) is 24.5 Å². The van der Waals surface area contributed by atoms with Crippen LogP contribution in [0.5, 0.6) is 0 Å². The molecule has 1 aromatic heterocycles. The van der Waals surface area contributed by atoms with Crippen molar-refractivity contribution in [3.63, 3.8) is 0 Å². The van der Waals surface area contributed by atoms with Gasteiger partial charge in [-0.15, -0.1) is 0 Å². The highest BCUT2D eigenvalue weighted by Crippen LogP contribution is 2.29. The molecule has 3 N–H and O–H groups in total. The zero-order chi connectivity index (χ0) is 17.5. The van der Waals surface area contributed by atoms with E-state index in [0.717, 1.165) is 6.07 Å². The van der Waals surface area contributed by atoms with Gasteiger partial charge in [0.1, 0.15) is 10.7 Å². The number of hydrogen-bond donors (Lipinski definition) is 3. The van der Waals surface area contributed by atoms with Crippen molar-refractivity contribution < 1.29 is 22.7 Å². The van der Waals surface area contributed by atoms with Gasteiger partial charge in [-0.2, -0.15) is 0 Å². The molecule has 8 heteroatoms. The molecule has 0 fully saturated rings. The van der Waals surface area contributed by atoms with Gasteiger partial charge in [0, 0.05) is 17.1 Å². The summed E-state index contributed by atoms with van der Waals surface area (Å²) < 4.78 is 41.4. The fraction of sp³-hybridized carbons (Fsp3) is 0.0625. The molecule has 0 atom stereocenters. The Hall–Kier alpha value is -2.87. The first-order chi connectivity index (χ1) is 11.3. The van der Waals surface area contributed by atoms with E-state index in [2.05, 4.69) is 9.71 Å². The van der Waals surface area contributed by atoms with Crippen molar-refractivity contribution in [2.45, 2.75) is 11.8 Å². The molecule has 0 bridgehead atoms. The van der Waals surface area contributed by atoms with E-state index in [-0.39, 0.29) is 10.5 Å². The third-order valence-electron chi connectivity index (χ3n) is 3.65. The van der Waals surface area contributed by atoms with Crippen LogP contribution < -0.4 is 4.72 Å². The van der Waals surface area contributed by atoms with Crippen LogP contribution in [0.1, 0.15) is 15.9 Å². The van der Waals surface area contributed by atoms with Crippen LogP contribution >= 0.6 is 0 Å². The highest BCUT2D eigenvalue weighted by Gasteiger charge is 2.25. The van der Waals surface area contributed by atoms with Crippen molar-refractivity contribution in [1.82, 2.24) is 4.98 Å². The summed E-state index contributed by atoms with van der Waals surface area (Å²) in [6.45, 7) is 1.46. The Labute approximate surface area is 137 Å². The molecule has 0 spiro atoms. The summed E-state index contributed by atoms with van der Waals surface area (Å²) in [6.07, 6.45) is 1.28. The summed E-state index contributed by atoms with van der Waals surface area (Å²) in [7, 11) is -4.18. The second kappa shape index (κ2) is 5.64. The largest absolute Gasteiger partial charge is 0.478 e. The molecular weight excluding hydrogens is 335 g/mol. The molecule has 0 aliphatic carbocycles. The molecule has 24 heavy (non-hydrogen) atoms. The highest BCUT2D eigenvalue weighted by atomic mass is 32.2. The van der Waals surface area contributed by atoms with Crippen molar-refractivity contribution in [3.8, 4) is 0 Å². The Morgan fingerprint density at radius 2 is 1.92 bits per heavy atom. The number of anilines is 1. The number of aromatic carboxylic acids is 1. The lowest BCUT2D eigenvalue weighted by Gasteiger charge is -2.13. The number of halogens is 1. The first-order valence-electron chi connectivity index (χ1n) is 6.92. The van der Waals surface area contributed by atoms with E-state index in [4.69, 9.17) is 0 Å². The van der Waals surface area contributed by atoms with Gasteiger partial charge in [0.05, 0.1) is 11.3 Å². The Kier molecular flexibility index (Phi) is 3.76. The van der Waals surface area contributed by atoms with Crippen LogP contribution in [0.4, 0.5) is 10.1 Å². The number of carboxylic acids is 1. The van der Waals surface area contributed by atoms with Crippen molar-refractivity contribution in [2.75, 3.05) is 4.72 Å². The topological polar surface area (TPSA) is 99.3 Å². The second-order valence-electron chi connectivity index (χ2n) is 5.22. The molecular formula is C16H13FN2O4S. The smallest absolute Gasteiger partial charge is 0.338 e. The van der Waals surface area contributed by atoms with Crippen LogP contribution in [0.25, 0.3) is 10.9 Å². The minimum atomic E-state index is -4.18. The predicted molar refractivity (Wildman–Crippen MR) is 87.2 cm³/mol. The molecule has 0 amide bonds. The van der Waals surface area contributed by atoms with Crippen LogP contribution in [0.3, 0.4) is 0 Å². The van der Waals surface area contributed by atoms with Gasteiger partial charge in [0.2, 0.25) is 0 Å². The van der Waals surface area contributed by atoms with Gasteiger partial charge >= 0.3 is 5.97 Å². The number of aromatic amines is 1. The molecule has 0 radical (unpaired) electrons. The van der Waals surface area contributed by atoms with Crippen LogP contribution in [0.15, 0.2) is 47.5 Å². The van der Waals surface area contributed by atoms with E-state index in [1.165, 1.54) is 19.2 Å². The molecule has 0 aliphatic heterocycles. The Morgan fingerprint density at radius 1 is 1.21 bits per heavy atom. The fourth-order valence-corrected chi connectivity index (χ4v) is 3.77. The van der Waals surface area contributed by atoms with Crippen molar-refractivity contribution >= 4 is 32.6 Å². The lowest BCUT2D eigenvalue weighted by Crippen LogP contribution is -2.17. The summed E-state index contributed by atoms with van der Waals surface area (Å²) in [5.74, 6) is -2.37. The molecule has 3 rings (SSSR count). The molecule has 0 aliphatic rings. The number of carbonyl (C=O) groups is 1. The number of aromatic nitrogens is 1. The minimum Gasteiger partial charge on any atom is -0.478 e. The molecule has 3 aromatic rings. The number of rotatable bonds is 4. The molecule has 2 aromatic carbocycles. The summed E-state index contributed by atoms with van der Waals surface area (Å²) in [4.78, 5) is 14.1. The van der Waals surface area contributed by atoms with Crippen molar-refractivity contribution in [3.05, 3.63) is 59.5 Å².